The molecule has 3 rings (SSSR count). The second-order valence-electron chi connectivity index (χ2n) is 7.66. The summed E-state index contributed by atoms with van der Waals surface area (Å²) in [6, 6.07) is 21.1. The average Bonchev–Trinajstić information content (AvgIpc) is 2.71. The van der Waals surface area contributed by atoms with Gasteiger partial charge in [-0.2, -0.15) is 0 Å². The first-order valence-electron chi connectivity index (χ1n) is 10.4. The zero-order chi connectivity index (χ0) is 18.0. The van der Waals surface area contributed by atoms with Gasteiger partial charge in [0.1, 0.15) is 0 Å². The standard InChI is InChI=1S/C24H34N2/c1-2-3-9-20-14-16-22(17-15-20)19-26-24-13-8-7-12-23(24)25-18-21-10-5-4-6-11-21/h4-6,10-11,14-17,23-26H,2-3,7-9,12-13,18-19H2,1H3. The van der Waals surface area contributed by atoms with Crippen molar-refractivity contribution in [2.75, 3.05) is 0 Å². The van der Waals surface area contributed by atoms with Crippen LogP contribution in [0.1, 0.15) is 62.1 Å². The van der Waals surface area contributed by atoms with Gasteiger partial charge in [0.05, 0.1) is 0 Å². The Labute approximate surface area is 159 Å². The molecular formula is C24H34N2. The molecular weight excluding hydrogens is 316 g/mol. The van der Waals surface area contributed by atoms with Gasteiger partial charge in [-0.3, -0.25) is 0 Å². The fourth-order valence-electron chi connectivity index (χ4n) is 3.92. The van der Waals surface area contributed by atoms with Crippen molar-refractivity contribution in [2.45, 2.75) is 77.0 Å². The first kappa shape index (κ1) is 19.1. The van der Waals surface area contributed by atoms with Crippen molar-refractivity contribution in [2.24, 2.45) is 0 Å². The molecule has 2 aromatic rings. The van der Waals surface area contributed by atoms with Crippen LogP contribution in [0.5, 0.6) is 0 Å². The van der Waals surface area contributed by atoms with Crippen LogP contribution < -0.4 is 10.6 Å². The molecule has 0 aromatic heterocycles. The SMILES string of the molecule is CCCCc1ccc(CNC2CCCCC2NCc2ccccc2)cc1. The van der Waals surface area contributed by atoms with E-state index < -0.39 is 0 Å². The van der Waals surface area contributed by atoms with Crippen LogP contribution in [0.3, 0.4) is 0 Å². The Kier molecular flexibility index (Phi) is 7.72. The summed E-state index contributed by atoms with van der Waals surface area (Å²) in [5, 5.41) is 7.62. The Morgan fingerprint density at radius 1 is 0.731 bits per heavy atom. The number of hydrogen-bond acceptors (Lipinski definition) is 2. The molecule has 0 spiro atoms. The topological polar surface area (TPSA) is 24.1 Å². The van der Waals surface area contributed by atoms with Gasteiger partial charge < -0.3 is 10.6 Å². The summed E-state index contributed by atoms with van der Waals surface area (Å²) < 4.78 is 0. The van der Waals surface area contributed by atoms with Crippen LogP contribution in [-0.4, -0.2) is 12.1 Å². The summed E-state index contributed by atoms with van der Waals surface area (Å²) in [4.78, 5) is 0. The summed E-state index contributed by atoms with van der Waals surface area (Å²) >= 11 is 0. The highest BCUT2D eigenvalue weighted by molar-refractivity contribution is 5.22. The number of nitrogens with one attached hydrogen (secondary N) is 2. The molecule has 0 radical (unpaired) electrons. The number of hydrogen-bond donors (Lipinski definition) is 2. The van der Waals surface area contributed by atoms with Crippen LogP contribution in [0.25, 0.3) is 0 Å². The molecule has 0 saturated heterocycles. The maximum atomic E-state index is 3.82. The summed E-state index contributed by atoms with van der Waals surface area (Å²) in [6.45, 7) is 4.20. The zero-order valence-corrected chi connectivity index (χ0v) is 16.2. The lowest BCUT2D eigenvalue weighted by molar-refractivity contribution is 0.281. The lowest BCUT2D eigenvalue weighted by atomic mass is 9.90. The molecule has 2 atom stereocenters. The Morgan fingerprint density at radius 3 is 1.85 bits per heavy atom. The third-order valence-electron chi connectivity index (χ3n) is 5.59. The zero-order valence-electron chi connectivity index (χ0n) is 16.2. The van der Waals surface area contributed by atoms with E-state index in [9.17, 15) is 0 Å². The fraction of sp³-hybridized carbons (Fsp3) is 0.500. The molecule has 2 aromatic carbocycles. The minimum atomic E-state index is 0.576. The van der Waals surface area contributed by atoms with Gasteiger partial charge in [-0.1, -0.05) is 80.8 Å². The van der Waals surface area contributed by atoms with Crippen LogP contribution in [0, 0.1) is 0 Å². The highest BCUT2D eigenvalue weighted by atomic mass is 15.0. The molecule has 2 heteroatoms. The Hall–Kier alpha value is -1.64. The van der Waals surface area contributed by atoms with Gasteiger partial charge in [-0.15, -0.1) is 0 Å². The molecule has 1 aliphatic rings. The number of aryl methyl sites for hydroxylation is 1. The summed E-state index contributed by atoms with van der Waals surface area (Å²) in [7, 11) is 0. The molecule has 0 bridgehead atoms. The lowest BCUT2D eigenvalue weighted by Gasteiger charge is -2.33. The van der Waals surface area contributed by atoms with E-state index in [4.69, 9.17) is 0 Å². The second kappa shape index (κ2) is 10.5. The Morgan fingerprint density at radius 2 is 1.27 bits per heavy atom. The van der Waals surface area contributed by atoms with Crippen molar-refractivity contribution in [1.29, 1.82) is 0 Å². The third-order valence-corrected chi connectivity index (χ3v) is 5.59. The highest BCUT2D eigenvalue weighted by Gasteiger charge is 2.24. The van der Waals surface area contributed by atoms with Crippen LogP contribution in [0.15, 0.2) is 54.6 Å². The number of benzene rings is 2. The van der Waals surface area contributed by atoms with Gasteiger partial charge in [-0.25, -0.2) is 0 Å². The normalized spacial score (nSPS) is 20.2. The molecule has 1 aliphatic carbocycles. The van der Waals surface area contributed by atoms with Crippen molar-refractivity contribution in [3.8, 4) is 0 Å². The van der Waals surface area contributed by atoms with Gasteiger partial charge >= 0.3 is 0 Å². The first-order chi connectivity index (χ1) is 12.8. The van der Waals surface area contributed by atoms with Crippen molar-refractivity contribution in [3.63, 3.8) is 0 Å². The van der Waals surface area contributed by atoms with E-state index in [0.717, 1.165) is 13.1 Å². The predicted molar refractivity (Wildman–Crippen MR) is 111 cm³/mol. The fourth-order valence-corrected chi connectivity index (χ4v) is 3.92. The van der Waals surface area contributed by atoms with E-state index in [1.165, 1.54) is 61.6 Å². The molecule has 0 heterocycles. The third kappa shape index (κ3) is 5.96. The van der Waals surface area contributed by atoms with E-state index in [2.05, 4.69) is 72.2 Å². The molecule has 140 valence electrons. The molecule has 2 nitrogen and oxygen atoms in total. The van der Waals surface area contributed by atoms with Gasteiger partial charge in [0.2, 0.25) is 0 Å². The highest BCUT2D eigenvalue weighted by Crippen LogP contribution is 2.20. The molecule has 26 heavy (non-hydrogen) atoms. The largest absolute Gasteiger partial charge is 0.308 e. The number of unbranched alkanes of at least 4 members (excludes halogenated alkanes) is 1. The van der Waals surface area contributed by atoms with Crippen molar-refractivity contribution in [3.05, 3.63) is 71.3 Å². The van der Waals surface area contributed by atoms with E-state index in [0.29, 0.717) is 12.1 Å². The first-order valence-corrected chi connectivity index (χ1v) is 10.4. The molecule has 0 amide bonds. The van der Waals surface area contributed by atoms with E-state index >= 15 is 0 Å². The van der Waals surface area contributed by atoms with Gasteiger partial charge in [0, 0.05) is 25.2 Å². The Bertz CT molecular complexity index is 620. The molecule has 2 unspecified atom stereocenters. The Balaban J connectivity index is 1.48. The minimum Gasteiger partial charge on any atom is -0.308 e. The maximum Gasteiger partial charge on any atom is 0.0224 e. The van der Waals surface area contributed by atoms with E-state index in [1.54, 1.807) is 0 Å². The van der Waals surface area contributed by atoms with E-state index in [-0.39, 0.29) is 0 Å². The molecule has 0 aliphatic heterocycles. The monoisotopic (exact) mass is 350 g/mol. The average molecular weight is 351 g/mol. The van der Waals surface area contributed by atoms with E-state index in [1.807, 2.05) is 0 Å². The van der Waals surface area contributed by atoms with Gasteiger partial charge in [0.25, 0.3) is 0 Å². The molecule has 2 N–H and O–H groups in total. The molecule has 1 saturated carbocycles. The van der Waals surface area contributed by atoms with Crippen molar-refractivity contribution >= 4 is 0 Å². The van der Waals surface area contributed by atoms with Crippen LogP contribution in [-0.2, 0) is 19.5 Å². The second-order valence-corrected chi connectivity index (χ2v) is 7.66. The summed E-state index contributed by atoms with van der Waals surface area (Å²) in [5.41, 5.74) is 4.24. The quantitative estimate of drug-likeness (QED) is 0.648. The van der Waals surface area contributed by atoms with Crippen LogP contribution in [0.2, 0.25) is 0 Å². The van der Waals surface area contributed by atoms with Gasteiger partial charge in [0.15, 0.2) is 0 Å². The smallest absolute Gasteiger partial charge is 0.0224 e. The number of rotatable bonds is 9. The predicted octanol–water partition coefficient (Wildman–Crippen LogP) is 5.22. The maximum absolute atomic E-state index is 3.82. The summed E-state index contributed by atoms with van der Waals surface area (Å²) in [6.07, 6.45) is 9.00. The molecule has 1 fully saturated rings. The lowest BCUT2D eigenvalue weighted by Crippen LogP contribution is -2.49. The van der Waals surface area contributed by atoms with Crippen LogP contribution in [0.4, 0.5) is 0 Å². The van der Waals surface area contributed by atoms with Crippen LogP contribution >= 0.6 is 0 Å². The minimum absolute atomic E-state index is 0.576. The van der Waals surface area contributed by atoms with Gasteiger partial charge in [-0.05, 0) is 42.4 Å². The van der Waals surface area contributed by atoms with Crippen molar-refractivity contribution < 1.29 is 0 Å². The summed E-state index contributed by atoms with van der Waals surface area (Å²) in [5.74, 6) is 0. The van der Waals surface area contributed by atoms with Crippen molar-refractivity contribution in [1.82, 2.24) is 10.6 Å².